The average molecular weight is 370 g/mol. The molecule has 11 nitrogen and oxygen atoms in total. The predicted octanol–water partition coefficient (Wildman–Crippen LogP) is 0.198. The van der Waals surface area contributed by atoms with E-state index in [9.17, 15) is 24.5 Å². The molecule has 0 bridgehead atoms. The van der Waals surface area contributed by atoms with Gasteiger partial charge in [0.2, 0.25) is 5.91 Å². The van der Waals surface area contributed by atoms with E-state index in [1.807, 2.05) is 0 Å². The molecule has 1 aromatic heterocycles. The molecule has 3 heterocycles. The van der Waals surface area contributed by atoms with Gasteiger partial charge < -0.3 is 10.6 Å². The van der Waals surface area contributed by atoms with Crippen LogP contribution in [0.15, 0.2) is 18.2 Å². The zero-order chi connectivity index (χ0) is 19.1. The van der Waals surface area contributed by atoms with E-state index in [-0.39, 0.29) is 16.8 Å². The first-order valence-corrected chi connectivity index (χ1v) is 8.17. The van der Waals surface area contributed by atoms with Gasteiger partial charge in [-0.3, -0.25) is 34.5 Å². The zero-order valence-electron chi connectivity index (χ0n) is 13.9. The van der Waals surface area contributed by atoms with Crippen molar-refractivity contribution in [3.63, 3.8) is 0 Å². The lowest BCUT2D eigenvalue weighted by molar-refractivity contribution is -0.384. The first-order chi connectivity index (χ1) is 13.0. The summed E-state index contributed by atoms with van der Waals surface area (Å²) in [5.41, 5.74) is 1.44. The summed E-state index contributed by atoms with van der Waals surface area (Å²) < 4.78 is 0. The second kappa shape index (κ2) is 6.29. The van der Waals surface area contributed by atoms with Gasteiger partial charge in [-0.25, -0.2) is 0 Å². The van der Waals surface area contributed by atoms with Gasteiger partial charge >= 0.3 is 0 Å². The van der Waals surface area contributed by atoms with Crippen molar-refractivity contribution in [2.75, 3.05) is 18.4 Å². The molecule has 0 aliphatic carbocycles. The number of nitro groups is 1. The molecule has 0 spiro atoms. The van der Waals surface area contributed by atoms with Crippen LogP contribution in [-0.2, 0) is 17.8 Å². The Labute approximate surface area is 151 Å². The van der Waals surface area contributed by atoms with Gasteiger partial charge in [0.1, 0.15) is 6.54 Å². The van der Waals surface area contributed by atoms with Crippen LogP contribution in [0.3, 0.4) is 0 Å². The number of aromatic nitrogens is 2. The van der Waals surface area contributed by atoms with E-state index in [0.717, 1.165) is 34.8 Å². The van der Waals surface area contributed by atoms with Crippen molar-refractivity contribution in [2.24, 2.45) is 0 Å². The molecule has 2 aromatic rings. The topological polar surface area (TPSA) is 150 Å². The summed E-state index contributed by atoms with van der Waals surface area (Å²) in [7, 11) is 0. The quantitative estimate of drug-likeness (QED) is 0.395. The second-order valence-electron chi connectivity index (χ2n) is 6.19. The molecule has 4 rings (SSSR count). The maximum Gasteiger partial charge on any atom is 0.270 e. The Morgan fingerprint density at radius 3 is 2.85 bits per heavy atom. The van der Waals surface area contributed by atoms with E-state index in [0.29, 0.717) is 18.8 Å². The van der Waals surface area contributed by atoms with Gasteiger partial charge in [-0.15, -0.1) is 0 Å². The highest BCUT2D eigenvalue weighted by Crippen LogP contribution is 2.27. The Balaban J connectivity index is 1.50. The molecule has 3 N–H and O–H groups in total. The van der Waals surface area contributed by atoms with Crippen molar-refractivity contribution in [3.8, 4) is 0 Å². The van der Waals surface area contributed by atoms with Crippen molar-refractivity contribution >= 4 is 29.2 Å². The van der Waals surface area contributed by atoms with E-state index < -0.39 is 29.2 Å². The minimum atomic E-state index is -0.734. The molecule has 138 valence electrons. The molecule has 1 aromatic carbocycles. The van der Waals surface area contributed by atoms with Crippen molar-refractivity contribution in [1.29, 1.82) is 0 Å². The first kappa shape index (κ1) is 16.8. The molecule has 0 saturated carbocycles. The largest absolute Gasteiger partial charge is 0.311 e. The number of hydrogen-bond acceptors (Lipinski definition) is 7. The maximum absolute atomic E-state index is 12.4. The summed E-state index contributed by atoms with van der Waals surface area (Å²) in [6, 6.07) is 3.42. The van der Waals surface area contributed by atoms with Crippen LogP contribution >= 0.6 is 0 Å². The van der Waals surface area contributed by atoms with E-state index in [4.69, 9.17) is 0 Å². The minimum Gasteiger partial charge on any atom is -0.311 e. The summed E-state index contributed by atoms with van der Waals surface area (Å²) in [6.07, 6.45) is 0.693. The number of H-pyrrole nitrogens is 1. The number of carbonyl (C=O) groups is 3. The molecule has 0 atom stereocenters. The van der Waals surface area contributed by atoms with Crippen molar-refractivity contribution in [3.05, 3.63) is 50.7 Å². The number of benzene rings is 1. The number of imide groups is 1. The Hall–Kier alpha value is -3.60. The van der Waals surface area contributed by atoms with Crippen LogP contribution in [0.4, 0.5) is 11.5 Å². The van der Waals surface area contributed by atoms with E-state index in [1.54, 1.807) is 0 Å². The third kappa shape index (κ3) is 2.83. The fourth-order valence-electron chi connectivity index (χ4n) is 3.20. The number of non-ortho nitro benzene ring substituents is 1. The highest BCUT2D eigenvalue weighted by Gasteiger charge is 2.38. The fraction of sp³-hybridized carbons (Fsp3) is 0.250. The molecule has 2 aliphatic heterocycles. The SMILES string of the molecule is O=C(CN1C(=O)c2ccc([N+](=O)[O-])cc2C1=O)Nc1n[nH]c2c1CCNC2. The normalized spacial score (nSPS) is 15.5. The third-order valence-electron chi connectivity index (χ3n) is 4.53. The molecule has 0 unspecified atom stereocenters. The van der Waals surface area contributed by atoms with Gasteiger partial charge in [0.25, 0.3) is 17.5 Å². The number of nitrogens with zero attached hydrogens (tertiary/aromatic N) is 3. The van der Waals surface area contributed by atoms with Crippen LogP contribution in [0.2, 0.25) is 0 Å². The smallest absolute Gasteiger partial charge is 0.270 e. The first-order valence-electron chi connectivity index (χ1n) is 8.17. The highest BCUT2D eigenvalue weighted by atomic mass is 16.6. The number of anilines is 1. The van der Waals surface area contributed by atoms with Crippen LogP contribution in [-0.4, -0.2) is 50.8 Å². The minimum absolute atomic E-state index is 0.0432. The van der Waals surface area contributed by atoms with Crippen molar-refractivity contribution < 1.29 is 19.3 Å². The molecule has 0 fully saturated rings. The van der Waals surface area contributed by atoms with Crippen molar-refractivity contribution in [2.45, 2.75) is 13.0 Å². The summed E-state index contributed by atoms with van der Waals surface area (Å²) in [5, 5.41) is 23.5. The molecule has 0 saturated heterocycles. The van der Waals surface area contributed by atoms with Gasteiger partial charge in [0.05, 0.1) is 21.7 Å². The number of amides is 3. The lowest BCUT2D eigenvalue weighted by Gasteiger charge is -2.15. The number of nitrogens with one attached hydrogen (secondary N) is 3. The van der Waals surface area contributed by atoms with Gasteiger partial charge in [-0.1, -0.05) is 0 Å². The van der Waals surface area contributed by atoms with Crippen molar-refractivity contribution in [1.82, 2.24) is 20.4 Å². The second-order valence-corrected chi connectivity index (χ2v) is 6.19. The molecule has 11 heteroatoms. The molecule has 2 aliphatic rings. The van der Waals surface area contributed by atoms with Gasteiger partial charge in [0.15, 0.2) is 5.82 Å². The molecule has 27 heavy (non-hydrogen) atoms. The number of rotatable bonds is 4. The number of nitro benzene ring substituents is 1. The van der Waals surface area contributed by atoms with Crippen LogP contribution < -0.4 is 10.6 Å². The number of aromatic amines is 1. The monoisotopic (exact) mass is 370 g/mol. The van der Waals surface area contributed by atoms with Crippen LogP contribution in [0.5, 0.6) is 0 Å². The third-order valence-corrected chi connectivity index (χ3v) is 4.53. The van der Waals surface area contributed by atoms with Gasteiger partial charge in [0, 0.05) is 24.2 Å². The van der Waals surface area contributed by atoms with Gasteiger partial charge in [-0.05, 0) is 19.0 Å². The molecule has 3 amide bonds. The highest BCUT2D eigenvalue weighted by molar-refractivity contribution is 6.23. The fourth-order valence-corrected chi connectivity index (χ4v) is 3.20. The Kier molecular flexibility index (Phi) is 3.92. The average Bonchev–Trinajstić information content (AvgIpc) is 3.16. The molecular weight excluding hydrogens is 356 g/mol. The lowest BCUT2D eigenvalue weighted by atomic mass is 10.1. The van der Waals surface area contributed by atoms with E-state index in [2.05, 4.69) is 20.8 Å². The lowest BCUT2D eigenvalue weighted by Crippen LogP contribution is -2.37. The Bertz CT molecular complexity index is 997. The number of hydrogen-bond donors (Lipinski definition) is 3. The summed E-state index contributed by atoms with van der Waals surface area (Å²) in [4.78, 5) is 48.1. The number of fused-ring (bicyclic) bond motifs is 2. The Morgan fingerprint density at radius 1 is 1.30 bits per heavy atom. The van der Waals surface area contributed by atoms with Gasteiger partial charge in [-0.2, -0.15) is 5.10 Å². The van der Waals surface area contributed by atoms with Crippen LogP contribution in [0.1, 0.15) is 32.0 Å². The van der Waals surface area contributed by atoms with E-state index >= 15 is 0 Å². The molecule has 0 radical (unpaired) electrons. The summed E-state index contributed by atoms with van der Waals surface area (Å²) >= 11 is 0. The standard InChI is InChI=1S/C16H14N6O5/c23-13(18-14-10-3-4-17-6-12(10)19-20-14)7-21-15(24)9-2-1-8(22(26)27)5-11(9)16(21)25/h1-2,5,17H,3-4,6-7H2,(H2,18,19,20,23). The number of carbonyl (C=O) groups excluding carboxylic acids is 3. The molecular formula is C16H14N6O5. The zero-order valence-corrected chi connectivity index (χ0v) is 13.9. The summed E-state index contributed by atoms with van der Waals surface area (Å²) in [6.45, 7) is 0.877. The van der Waals surface area contributed by atoms with Crippen LogP contribution in [0, 0.1) is 10.1 Å². The van der Waals surface area contributed by atoms with Crippen LogP contribution in [0.25, 0.3) is 0 Å². The summed E-state index contributed by atoms with van der Waals surface area (Å²) in [5.74, 6) is -1.59. The Morgan fingerprint density at radius 2 is 2.07 bits per heavy atom. The van der Waals surface area contributed by atoms with E-state index in [1.165, 1.54) is 6.07 Å². The maximum atomic E-state index is 12.4. The predicted molar refractivity (Wildman–Crippen MR) is 91.1 cm³/mol.